The zero-order valence-electron chi connectivity index (χ0n) is 11.7. The lowest BCUT2D eigenvalue weighted by atomic mass is 10.1. The van der Waals surface area contributed by atoms with Gasteiger partial charge >= 0.3 is 0 Å². The van der Waals surface area contributed by atoms with Gasteiger partial charge in [-0.3, -0.25) is 10.1 Å². The highest BCUT2D eigenvalue weighted by Crippen LogP contribution is 2.26. The second-order valence-electron chi connectivity index (χ2n) is 4.96. The Kier molecular flexibility index (Phi) is 4.59. The molecule has 1 saturated heterocycles. The summed E-state index contributed by atoms with van der Waals surface area (Å²) in [7, 11) is 1.84. The van der Waals surface area contributed by atoms with Gasteiger partial charge in [0.1, 0.15) is 0 Å². The lowest BCUT2D eigenvalue weighted by molar-refractivity contribution is -0.384. The third-order valence-corrected chi connectivity index (χ3v) is 3.49. The molecular weight excluding hydrogens is 276 g/mol. The van der Waals surface area contributed by atoms with Crippen molar-refractivity contribution in [1.29, 1.82) is 0 Å². The Bertz CT molecular complexity index is 555. The molecule has 0 amide bonds. The number of non-ortho nitro benzene ring substituents is 1. The molecule has 1 heterocycles. The van der Waals surface area contributed by atoms with Gasteiger partial charge in [-0.05, 0) is 18.9 Å². The number of hydrogen-bond acceptors (Lipinski definition) is 6. The van der Waals surface area contributed by atoms with Crippen LogP contribution in [0.25, 0.3) is 0 Å². The molecule has 1 aromatic rings. The number of amidine groups is 1. The summed E-state index contributed by atoms with van der Waals surface area (Å²) in [6.07, 6.45) is 2.15. The molecule has 3 N–H and O–H groups in total. The molecule has 1 unspecified atom stereocenters. The van der Waals surface area contributed by atoms with Gasteiger partial charge in [-0.15, -0.1) is 0 Å². The third kappa shape index (κ3) is 3.40. The Labute approximate surface area is 121 Å². The SMILES string of the molecule is CN(CC1CCCO1)c1ccc([N+](=O)[O-])cc1C(N)=NO. The third-order valence-electron chi connectivity index (χ3n) is 3.49. The number of rotatable bonds is 5. The van der Waals surface area contributed by atoms with E-state index in [4.69, 9.17) is 15.7 Å². The quantitative estimate of drug-likeness (QED) is 0.278. The summed E-state index contributed by atoms with van der Waals surface area (Å²) in [4.78, 5) is 12.2. The monoisotopic (exact) mass is 294 g/mol. The fourth-order valence-electron chi connectivity index (χ4n) is 2.42. The Balaban J connectivity index is 2.30. The normalized spacial score (nSPS) is 18.7. The molecule has 1 aliphatic heterocycles. The summed E-state index contributed by atoms with van der Waals surface area (Å²) in [5.74, 6) is -0.159. The summed E-state index contributed by atoms with van der Waals surface area (Å²) in [5.41, 5.74) is 6.51. The number of oxime groups is 1. The fourth-order valence-corrected chi connectivity index (χ4v) is 2.42. The Morgan fingerprint density at radius 1 is 1.67 bits per heavy atom. The maximum absolute atomic E-state index is 10.9. The van der Waals surface area contributed by atoms with Crippen LogP contribution >= 0.6 is 0 Å². The van der Waals surface area contributed by atoms with Crippen molar-refractivity contribution >= 4 is 17.2 Å². The molecule has 0 aliphatic carbocycles. The van der Waals surface area contributed by atoms with Gasteiger partial charge in [0.25, 0.3) is 5.69 Å². The highest BCUT2D eigenvalue weighted by molar-refractivity contribution is 6.02. The van der Waals surface area contributed by atoms with Gasteiger partial charge < -0.3 is 20.6 Å². The minimum atomic E-state index is -0.516. The molecule has 1 aromatic carbocycles. The highest BCUT2D eigenvalue weighted by atomic mass is 16.6. The molecular formula is C13H18N4O4. The second kappa shape index (κ2) is 6.40. The molecule has 0 aromatic heterocycles. The Morgan fingerprint density at radius 3 is 3.00 bits per heavy atom. The minimum absolute atomic E-state index is 0.106. The number of hydrogen-bond donors (Lipinski definition) is 2. The molecule has 114 valence electrons. The summed E-state index contributed by atoms with van der Waals surface area (Å²) in [5, 5.41) is 22.7. The van der Waals surface area contributed by atoms with Crippen LogP contribution in [-0.2, 0) is 4.74 Å². The van der Waals surface area contributed by atoms with Crippen LogP contribution in [0.4, 0.5) is 11.4 Å². The van der Waals surface area contributed by atoms with Gasteiger partial charge in [0.15, 0.2) is 5.84 Å². The van der Waals surface area contributed by atoms with Crippen LogP contribution in [0.5, 0.6) is 0 Å². The van der Waals surface area contributed by atoms with Gasteiger partial charge in [-0.1, -0.05) is 5.16 Å². The number of anilines is 1. The molecule has 0 spiro atoms. The first-order valence-electron chi connectivity index (χ1n) is 6.62. The van der Waals surface area contributed by atoms with E-state index in [0.29, 0.717) is 17.8 Å². The van der Waals surface area contributed by atoms with Crippen molar-refractivity contribution < 1.29 is 14.9 Å². The predicted octanol–water partition coefficient (Wildman–Crippen LogP) is 1.30. The minimum Gasteiger partial charge on any atom is -0.409 e. The molecule has 1 aliphatic rings. The van der Waals surface area contributed by atoms with Gasteiger partial charge in [0, 0.05) is 38.0 Å². The molecule has 0 bridgehead atoms. The van der Waals surface area contributed by atoms with Crippen molar-refractivity contribution in [3.8, 4) is 0 Å². The number of nitrogens with zero attached hydrogens (tertiary/aromatic N) is 3. The number of nitrogens with two attached hydrogens (primary N) is 1. The molecule has 21 heavy (non-hydrogen) atoms. The number of ether oxygens (including phenoxy) is 1. The topological polar surface area (TPSA) is 114 Å². The molecule has 8 heteroatoms. The van der Waals surface area contributed by atoms with Crippen molar-refractivity contribution in [2.45, 2.75) is 18.9 Å². The average Bonchev–Trinajstić information content (AvgIpc) is 2.98. The van der Waals surface area contributed by atoms with Gasteiger partial charge in [-0.2, -0.15) is 0 Å². The largest absolute Gasteiger partial charge is 0.409 e. The summed E-state index contributed by atoms with van der Waals surface area (Å²) in [6.45, 7) is 1.40. The average molecular weight is 294 g/mol. The van der Waals surface area contributed by atoms with Crippen LogP contribution in [0.1, 0.15) is 18.4 Å². The number of benzene rings is 1. The fraction of sp³-hybridized carbons (Fsp3) is 0.462. The Morgan fingerprint density at radius 2 is 2.43 bits per heavy atom. The predicted molar refractivity (Wildman–Crippen MR) is 77.9 cm³/mol. The first-order valence-corrected chi connectivity index (χ1v) is 6.62. The first-order chi connectivity index (χ1) is 10.0. The second-order valence-corrected chi connectivity index (χ2v) is 4.96. The summed E-state index contributed by atoms with van der Waals surface area (Å²) in [6, 6.07) is 4.30. The van der Waals surface area contributed by atoms with Gasteiger partial charge in [0.2, 0.25) is 0 Å². The summed E-state index contributed by atoms with van der Waals surface area (Å²) < 4.78 is 5.57. The lowest BCUT2D eigenvalue weighted by Gasteiger charge is -2.24. The number of likely N-dealkylation sites (N-methyl/N-ethyl adjacent to an activating group) is 1. The van der Waals surface area contributed by atoms with Crippen LogP contribution < -0.4 is 10.6 Å². The van der Waals surface area contributed by atoms with Gasteiger partial charge in [0.05, 0.1) is 16.6 Å². The van der Waals surface area contributed by atoms with E-state index in [-0.39, 0.29) is 17.6 Å². The molecule has 1 fully saturated rings. The maximum Gasteiger partial charge on any atom is 0.270 e. The van der Waals surface area contributed by atoms with E-state index in [1.165, 1.54) is 12.1 Å². The van der Waals surface area contributed by atoms with E-state index in [1.807, 2.05) is 11.9 Å². The van der Waals surface area contributed by atoms with Crippen LogP contribution in [-0.4, -0.2) is 42.3 Å². The van der Waals surface area contributed by atoms with Crippen molar-refractivity contribution in [1.82, 2.24) is 0 Å². The van der Waals surface area contributed by atoms with Crippen molar-refractivity contribution in [3.05, 3.63) is 33.9 Å². The van der Waals surface area contributed by atoms with Crippen molar-refractivity contribution in [2.24, 2.45) is 10.9 Å². The Hall–Kier alpha value is -2.35. The van der Waals surface area contributed by atoms with Crippen LogP contribution in [0, 0.1) is 10.1 Å². The molecule has 2 rings (SSSR count). The van der Waals surface area contributed by atoms with Crippen LogP contribution in [0.2, 0.25) is 0 Å². The standard InChI is InChI=1S/C13H18N4O4/c1-16(8-10-3-2-6-21-10)12-5-4-9(17(19)20)7-11(12)13(14)15-18/h4-5,7,10,18H,2-3,6,8H2,1H3,(H2,14,15). The van der Waals surface area contributed by atoms with Gasteiger partial charge in [-0.25, -0.2) is 0 Å². The van der Waals surface area contributed by atoms with E-state index in [2.05, 4.69) is 5.16 Å². The lowest BCUT2D eigenvalue weighted by Crippen LogP contribution is -2.30. The van der Waals surface area contributed by atoms with Crippen LogP contribution in [0.15, 0.2) is 23.4 Å². The number of nitro benzene ring substituents is 1. The van der Waals surface area contributed by atoms with E-state index >= 15 is 0 Å². The van der Waals surface area contributed by atoms with E-state index < -0.39 is 4.92 Å². The molecule has 0 radical (unpaired) electrons. The van der Waals surface area contributed by atoms with Crippen LogP contribution in [0.3, 0.4) is 0 Å². The molecule has 1 atom stereocenters. The highest BCUT2D eigenvalue weighted by Gasteiger charge is 2.21. The molecule has 0 saturated carbocycles. The summed E-state index contributed by atoms with van der Waals surface area (Å²) >= 11 is 0. The zero-order chi connectivity index (χ0) is 15.4. The molecule has 8 nitrogen and oxygen atoms in total. The van der Waals surface area contributed by atoms with E-state index in [1.54, 1.807) is 6.07 Å². The first kappa shape index (κ1) is 15.0. The van der Waals surface area contributed by atoms with Crippen molar-refractivity contribution in [2.75, 3.05) is 25.1 Å². The zero-order valence-corrected chi connectivity index (χ0v) is 11.7. The smallest absolute Gasteiger partial charge is 0.270 e. The van der Waals surface area contributed by atoms with Crippen molar-refractivity contribution in [3.63, 3.8) is 0 Å². The van der Waals surface area contributed by atoms with E-state index in [0.717, 1.165) is 19.4 Å². The maximum atomic E-state index is 10.9. The number of nitro groups is 1. The van der Waals surface area contributed by atoms with E-state index in [9.17, 15) is 10.1 Å².